The molecule has 0 aromatic heterocycles. The van der Waals surface area contributed by atoms with E-state index in [2.05, 4.69) is 10.6 Å². The van der Waals surface area contributed by atoms with Crippen LogP contribution in [0.5, 0.6) is 0 Å². The van der Waals surface area contributed by atoms with Crippen molar-refractivity contribution in [2.75, 3.05) is 28.3 Å². The van der Waals surface area contributed by atoms with Crippen molar-refractivity contribution in [3.63, 3.8) is 0 Å². The highest BCUT2D eigenvalue weighted by Gasteiger charge is 2.34. The smallest absolute Gasteiger partial charge is 0.352 e. The summed E-state index contributed by atoms with van der Waals surface area (Å²) in [5.41, 5.74) is -1.19. The highest BCUT2D eigenvalue weighted by atomic mass is 35.5. The Bertz CT molecular complexity index is 1190. The maximum absolute atomic E-state index is 13.4. The Labute approximate surface area is 224 Å². The molecule has 7 nitrogen and oxygen atoms in total. The summed E-state index contributed by atoms with van der Waals surface area (Å²) in [5, 5.41) is 4.63. The lowest BCUT2D eigenvalue weighted by atomic mass is 9.95. The van der Waals surface area contributed by atoms with Gasteiger partial charge >= 0.3 is 6.18 Å². The van der Waals surface area contributed by atoms with Crippen LogP contribution < -0.4 is 15.5 Å². The lowest BCUT2D eigenvalue weighted by Gasteiger charge is -2.27. The fourth-order valence-corrected chi connectivity index (χ4v) is 5.15. The summed E-state index contributed by atoms with van der Waals surface area (Å²) < 4.78 is 65.9. The van der Waals surface area contributed by atoms with Crippen molar-refractivity contribution in [3.05, 3.63) is 58.9 Å². The first kappa shape index (κ1) is 29.6. The van der Waals surface area contributed by atoms with E-state index in [0.29, 0.717) is 6.07 Å². The third-order valence-corrected chi connectivity index (χ3v) is 7.33. The maximum Gasteiger partial charge on any atom is 0.417 e. The molecule has 1 atom stereocenters. The second kappa shape index (κ2) is 13.2. The van der Waals surface area contributed by atoms with E-state index >= 15 is 0 Å². The van der Waals surface area contributed by atoms with Gasteiger partial charge in [-0.1, -0.05) is 30.9 Å². The summed E-state index contributed by atoms with van der Waals surface area (Å²) in [4.78, 5) is 38.8. The van der Waals surface area contributed by atoms with E-state index in [1.807, 2.05) is 0 Å². The van der Waals surface area contributed by atoms with Crippen molar-refractivity contribution in [1.82, 2.24) is 5.32 Å². The minimum absolute atomic E-state index is 0.103. The van der Waals surface area contributed by atoms with Crippen LogP contribution in [0.25, 0.3) is 0 Å². The van der Waals surface area contributed by atoms with Crippen LogP contribution in [0.4, 0.5) is 28.9 Å². The first-order valence-electron chi connectivity index (χ1n) is 11.8. The molecule has 0 bridgehead atoms. The SMILES string of the molecule is O=C(CS(=O)CC(=O)N(CC(=O)NC1CCCCC1)c1ccc(Cl)c(C(F)(F)F)c1)Nc1ccc(F)cc1. The highest BCUT2D eigenvalue weighted by molar-refractivity contribution is 7.86. The Kier molecular flexibility index (Phi) is 10.3. The second-order valence-electron chi connectivity index (χ2n) is 8.83. The second-order valence-corrected chi connectivity index (χ2v) is 10.7. The van der Waals surface area contributed by atoms with E-state index in [9.17, 15) is 36.2 Å². The van der Waals surface area contributed by atoms with E-state index < -0.39 is 69.2 Å². The molecule has 206 valence electrons. The fourth-order valence-electron chi connectivity index (χ4n) is 4.03. The van der Waals surface area contributed by atoms with Crippen LogP contribution in [0.2, 0.25) is 5.02 Å². The summed E-state index contributed by atoms with van der Waals surface area (Å²) in [7, 11) is -2.06. The summed E-state index contributed by atoms with van der Waals surface area (Å²) >= 11 is 5.70. The lowest BCUT2D eigenvalue weighted by Crippen LogP contribution is -2.46. The number of rotatable bonds is 9. The summed E-state index contributed by atoms with van der Waals surface area (Å²) in [6, 6.07) is 7.51. The molecule has 2 aromatic carbocycles. The van der Waals surface area contributed by atoms with E-state index in [4.69, 9.17) is 11.6 Å². The van der Waals surface area contributed by atoms with Gasteiger partial charge in [-0.15, -0.1) is 0 Å². The Morgan fingerprint density at radius 1 is 0.974 bits per heavy atom. The van der Waals surface area contributed by atoms with Gasteiger partial charge in [0.05, 0.1) is 10.6 Å². The Morgan fingerprint density at radius 2 is 1.63 bits per heavy atom. The van der Waals surface area contributed by atoms with Gasteiger partial charge in [-0.2, -0.15) is 13.2 Å². The number of amides is 3. The number of carbonyl (C=O) groups is 3. The molecule has 0 saturated heterocycles. The average molecular weight is 576 g/mol. The topological polar surface area (TPSA) is 95.6 Å². The number of carbonyl (C=O) groups excluding carboxylic acids is 3. The van der Waals surface area contributed by atoms with E-state index in [1.165, 1.54) is 12.1 Å². The van der Waals surface area contributed by atoms with Gasteiger partial charge in [0, 0.05) is 28.2 Å². The Morgan fingerprint density at radius 3 is 2.26 bits per heavy atom. The first-order chi connectivity index (χ1) is 17.9. The number of benzene rings is 2. The van der Waals surface area contributed by atoms with E-state index in [1.54, 1.807) is 0 Å². The minimum Gasteiger partial charge on any atom is -0.352 e. The summed E-state index contributed by atoms with van der Waals surface area (Å²) in [6.07, 6.45) is -0.397. The zero-order valence-corrected chi connectivity index (χ0v) is 21.7. The number of nitrogens with zero attached hydrogens (tertiary/aromatic N) is 1. The predicted octanol–water partition coefficient (Wildman–Crippen LogP) is 4.67. The first-order valence-corrected chi connectivity index (χ1v) is 13.7. The molecule has 3 amide bonds. The number of nitrogens with one attached hydrogen (secondary N) is 2. The molecule has 1 aliphatic rings. The van der Waals surface area contributed by atoms with Crippen molar-refractivity contribution in [1.29, 1.82) is 0 Å². The molecule has 1 unspecified atom stereocenters. The van der Waals surface area contributed by atoms with Crippen LogP contribution >= 0.6 is 11.6 Å². The molecule has 13 heteroatoms. The molecule has 0 spiro atoms. The van der Waals surface area contributed by atoms with Crippen LogP contribution in [-0.2, 0) is 31.4 Å². The number of alkyl halides is 3. The van der Waals surface area contributed by atoms with Gasteiger partial charge in [0.25, 0.3) is 0 Å². The zero-order valence-electron chi connectivity index (χ0n) is 20.2. The van der Waals surface area contributed by atoms with Gasteiger partial charge in [0.15, 0.2) is 0 Å². The third kappa shape index (κ3) is 8.80. The zero-order chi connectivity index (χ0) is 27.9. The third-order valence-electron chi connectivity index (χ3n) is 5.84. The van der Waals surface area contributed by atoms with Gasteiger partial charge in [0.1, 0.15) is 23.9 Å². The average Bonchev–Trinajstić information content (AvgIpc) is 2.84. The van der Waals surface area contributed by atoms with Crippen molar-refractivity contribution in [2.24, 2.45) is 0 Å². The van der Waals surface area contributed by atoms with Crippen LogP contribution in [0.1, 0.15) is 37.7 Å². The monoisotopic (exact) mass is 575 g/mol. The molecule has 0 heterocycles. The summed E-state index contributed by atoms with van der Waals surface area (Å²) in [5.74, 6) is -4.03. The maximum atomic E-state index is 13.4. The molecular weight excluding hydrogens is 550 g/mol. The molecule has 1 fully saturated rings. The van der Waals surface area contributed by atoms with Crippen molar-refractivity contribution >= 4 is 51.5 Å². The Balaban J connectivity index is 1.73. The lowest BCUT2D eigenvalue weighted by molar-refractivity contribution is -0.137. The highest BCUT2D eigenvalue weighted by Crippen LogP contribution is 2.37. The van der Waals surface area contributed by atoms with Crippen LogP contribution in [0.15, 0.2) is 42.5 Å². The molecule has 38 heavy (non-hydrogen) atoms. The van der Waals surface area contributed by atoms with Crippen LogP contribution in [0, 0.1) is 5.82 Å². The molecule has 0 radical (unpaired) electrons. The van der Waals surface area contributed by atoms with Crippen LogP contribution in [0.3, 0.4) is 0 Å². The predicted molar refractivity (Wildman–Crippen MR) is 137 cm³/mol. The molecule has 1 aliphatic carbocycles. The molecule has 2 aromatic rings. The summed E-state index contributed by atoms with van der Waals surface area (Å²) in [6.45, 7) is -0.604. The number of hydrogen-bond acceptors (Lipinski definition) is 4. The van der Waals surface area contributed by atoms with Gasteiger partial charge < -0.3 is 15.5 Å². The normalized spacial score (nSPS) is 15.0. The minimum atomic E-state index is -4.81. The van der Waals surface area contributed by atoms with Gasteiger partial charge in [0.2, 0.25) is 17.7 Å². The van der Waals surface area contributed by atoms with Crippen molar-refractivity contribution in [2.45, 2.75) is 44.3 Å². The number of anilines is 2. The molecule has 1 saturated carbocycles. The van der Waals surface area contributed by atoms with Crippen LogP contribution in [-0.4, -0.2) is 46.0 Å². The standard InChI is InChI=1S/C25H26ClF4N3O4S/c26-21-11-10-19(12-20(21)25(28,29)30)33(13-22(34)31-17-4-2-1-3-5-17)24(36)15-38(37)14-23(35)32-18-8-6-16(27)7-9-18/h6-12,17H,1-5,13-15H2,(H,31,34)(H,32,35). The van der Waals surface area contributed by atoms with Gasteiger partial charge in [-0.3, -0.25) is 18.6 Å². The van der Waals surface area contributed by atoms with Crippen molar-refractivity contribution < 1.29 is 36.2 Å². The van der Waals surface area contributed by atoms with E-state index in [0.717, 1.165) is 61.3 Å². The number of hydrogen-bond donors (Lipinski definition) is 2. The molecule has 2 N–H and O–H groups in total. The Hall–Kier alpha value is -2.99. The molecule has 0 aliphatic heterocycles. The van der Waals surface area contributed by atoms with Gasteiger partial charge in [-0.25, -0.2) is 4.39 Å². The molecule has 3 rings (SSSR count). The van der Waals surface area contributed by atoms with Crippen molar-refractivity contribution in [3.8, 4) is 0 Å². The van der Waals surface area contributed by atoms with E-state index in [-0.39, 0.29) is 17.4 Å². The largest absolute Gasteiger partial charge is 0.417 e. The number of halogens is 5. The molecular formula is C25H26ClF4N3O4S. The quantitative estimate of drug-likeness (QED) is 0.425. The van der Waals surface area contributed by atoms with Gasteiger partial charge in [-0.05, 0) is 55.3 Å². The fraction of sp³-hybridized carbons (Fsp3) is 0.400.